The Labute approximate surface area is 155 Å². The van der Waals surface area contributed by atoms with E-state index in [2.05, 4.69) is 23.2 Å². The predicted octanol–water partition coefficient (Wildman–Crippen LogP) is 3.34. The molecule has 1 saturated heterocycles. The molecule has 6 heteroatoms. The third kappa shape index (κ3) is 3.56. The molecule has 0 spiro atoms. The number of carbonyl (C=O) groups excluding carboxylic acids is 1. The van der Waals surface area contributed by atoms with E-state index in [0.717, 1.165) is 14.6 Å². The Kier molecular flexibility index (Phi) is 4.74. The van der Waals surface area contributed by atoms with E-state index in [1.165, 1.54) is 17.3 Å². The molecule has 25 heavy (non-hydrogen) atoms. The molecule has 0 unspecified atom stereocenters. The lowest BCUT2D eigenvalue weighted by Gasteiger charge is -2.16. The monoisotopic (exact) mass is 369 g/mol. The van der Waals surface area contributed by atoms with Crippen LogP contribution in [0.15, 0.2) is 58.9 Å². The van der Waals surface area contributed by atoms with Crippen LogP contribution >= 0.6 is 23.1 Å². The summed E-state index contributed by atoms with van der Waals surface area (Å²) >= 11 is 3.15. The van der Waals surface area contributed by atoms with Crippen molar-refractivity contribution >= 4 is 39.2 Å². The summed E-state index contributed by atoms with van der Waals surface area (Å²) in [5.41, 5.74) is 8.49. The molecule has 2 atom stereocenters. The Hall–Kier alpha value is -1.89. The van der Waals surface area contributed by atoms with Crippen molar-refractivity contribution in [2.75, 3.05) is 18.8 Å². The first-order valence-electron chi connectivity index (χ1n) is 8.27. The van der Waals surface area contributed by atoms with E-state index < -0.39 is 0 Å². The smallest absolute Gasteiger partial charge is 0.233 e. The van der Waals surface area contributed by atoms with Crippen LogP contribution in [-0.4, -0.2) is 40.7 Å². The number of thiazole rings is 1. The summed E-state index contributed by atoms with van der Waals surface area (Å²) in [5, 5.41) is 0. The lowest BCUT2D eigenvalue weighted by molar-refractivity contribution is -0.127. The number of nitrogens with two attached hydrogens (primary N) is 1. The van der Waals surface area contributed by atoms with Gasteiger partial charge in [0, 0.05) is 25.0 Å². The van der Waals surface area contributed by atoms with Gasteiger partial charge in [0.15, 0.2) is 4.34 Å². The Bertz CT molecular complexity index is 848. The van der Waals surface area contributed by atoms with Crippen molar-refractivity contribution in [2.45, 2.75) is 16.3 Å². The zero-order chi connectivity index (χ0) is 17.2. The number of likely N-dealkylation sites (tertiary alicyclic amines) is 1. The van der Waals surface area contributed by atoms with Crippen LogP contribution in [0.2, 0.25) is 0 Å². The van der Waals surface area contributed by atoms with Gasteiger partial charge in [0.25, 0.3) is 0 Å². The Morgan fingerprint density at radius 3 is 2.72 bits per heavy atom. The van der Waals surface area contributed by atoms with E-state index in [1.807, 2.05) is 41.3 Å². The van der Waals surface area contributed by atoms with Gasteiger partial charge in [-0.05, 0) is 17.7 Å². The minimum absolute atomic E-state index is 0.00111. The van der Waals surface area contributed by atoms with Crippen LogP contribution in [0.5, 0.6) is 0 Å². The van der Waals surface area contributed by atoms with E-state index in [4.69, 9.17) is 5.73 Å². The Morgan fingerprint density at radius 1 is 1.16 bits per heavy atom. The quantitative estimate of drug-likeness (QED) is 0.717. The number of aromatic nitrogens is 1. The highest BCUT2D eigenvalue weighted by molar-refractivity contribution is 8.01. The second-order valence-electron chi connectivity index (χ2n) is 6.22. The highest BCUT2D eigenvalue weighted by atomic mass is 32.2. The fraction of sp³-hybridized carbons (Fsp3) is 0.263. The van der Waals surface area contributed by atoms with Crippen LogP contribution in [0.4, 0.5) is 0 Å². The summed E-state index contributed by atoms with van der Waals surface area (Å²) < 4.78 is 2.10. The molecule has 1 aliphatic heterocycles. The van der Waals surface area contributed by atoms with Crippen LogP contribution in [-0.2, 0) is 4.79 Å². The number of benzene rings is 2. The number of para-hydroxylation sites is 1. The molecule has 3 aromatic rings. The largest absolute Gasteiger partial charge is 0.340 e. The first-order valence-corrected chi connectivity index (χ1v) is 10.1. The van der Waals surface area contributed by atoms with Crippen LogP contribution < -0.4 is 5.73 Å². The number of nitrogens with zero attached hydrogens (tertiary/aromatic N) is 2. The minimum atomic E-state index is -0.00111. The zero-order valence-electron chi connectivity index (χ0n) is 13.7. The molecule has 0 aliphatic carbocycles. The molecular formula is C19H19N3OS2. The Morgan fingerprint density at radius 2 is 1.92 bits per heavy atom. The van der Waals surface area contributed by atoms with Gasteiger partial charge in [-0.2, -0.15) is 0 Å². The molecular weight excluding hydrogens is 350 g/mol. The predicted molar refractivity (Wildman–Crippen MR) is 104 cm³/mol. The fourth-order valence-corrected chi connectivity index (χ4v) is 5.18. The molecule has 128 valence electrons. The van der Waals surface area contributed by atoms with Gasteiger partial charge in [0.2, 0.25) is 5.91 Å². The number of hydrogen-bond donors (Lipinski definition) is 1. The van der Waals surface area contributed by atoms with Gasteiger partial charge >= 0.3 is 0 Å². The minimum Gasteiger partial charge on any atom is -0.340 e. The molecule has 2 aromatic carbocycles. The van der Waals surface area contributed by atoms with Crippen molar-refractivity contribution in [3.8, 4) is 0 Å². The second kappa shape index (κ2) is 7.15. The molecule has 2 N–H and O–H groups in total. The van der Waals surface area contributed by atoms with E-state index in [1.54, 1.807) is 11.3 Å². The average molecular weight is 370 g/mol. The summed E-state index contributed by atoms with van der Waals surface area (Å²) in [7, 11) is 0. The number of hydrogen-bond acceptors (Lipinski definition) is 5. The molecule has 1 amide bonds. The third-order valence-electron chi connectivity index (χ3n) is 4.54. The van der Waals surface area contributed by atoms with Gasteiger partial charge < -0.3 is 10.6 Å². The molecule has 0 saturated carbocycles. The molecule has 0 bridgehead atoms. The molecule has 4 nitrogen and oxygen atoms in total. The van der Waals surface area contributed by atoms with E-state index >= 15 is 0 Å². The topological polar surface area (TPSA) is 59.2 Å². The van der Waals surface area contributed by atoms with Crippen LogP contribution in [0, 0.1) is 0 Å². The van der Waals surface area contributed by atoms with E-state index in [0.29, 0.717) is 18.8 Å². The third-order valence-corrected chi connectivity index (χ3v) is 6.70. The maximum Gasteiger partial charge on any atom is 0.233 e. The zero-order valence-corrected chi connectivity index (χ0v) is 15.3. The van der Waals surface area contributed by atoms with Crippen molar-refractivity contribution in [1.29, 1.82) is 0 Å². The molecule has 1 aliphatic rings. The van der Waals surface area contributed by atoms with Crippen molar-refractivity contribution in [2.24, 2.45) is 5.73 Å². The van der Waals surface area contributed by atoms with Crippen molar-refractivity contribution < 1.29 is 4.79 Å². The SMILES string of the molecule is N[C@@H]1CN(C(=O)CSc2nc3ccccc3s2)C[C@H]1c1ccccc1. The lowest BCUT2D eigenvalue weighted by atomic mass is 9.95. The summed E-state index contributed by atoms with van der Waals surface area (Å²) in [4.78, 5) is 19.0. The van der Waals surface area contributed by atoms with Crippen LogP contribution in [0.3, 0.4) is 0 Å². The maximum atomic E-state index is 12.6. The first-order chi connectivity index (χ1) is 12.2. The molecule has 1 fully saturated rings. The average Bonchev–Trinajstić information content (AvgIpc) is 3.23. The standard InChI is InChI=1S/C19H19N3OS2/c20-15-11-22(10-14(15)13-6-2-1-3-7-13)18(23)12-24-19-21-16-8-4-5-9-17(16)25-19/h1-9,14-15H,10-12,20H2/t14-,15+/m0/s1. The van der Waals surface area contributed by atoms with Crippen molar-refractivity contribution in [3.63, 3.8) is 0 Å². The summed E-state index contributed by atoms with van der Waals surface area (Å²) in [5.74, 6) is 0.768. The first kappa shape index (κ1) is 16.6. The number of amides is 1. The van der Waals surface area contributed by atoms with Gasteiger partial charge in [0.1, 0.15) is 0 Å². The number of thioether (sulfide) groups is 1. The summed E-state index contributed by atoms with van der Waals surface area (Å²) in [6, 6.07) is 18.3. The highest BCUT2D eigenvalue weighted by Crippen LogP contribution is 2.31. The molecule has 4 rings (SSSR count). The normalized spacial score (nSPS) is 20.3. The van der Waals surface area contributed by atoms with Gasteiger partial charge in [-0.15, -0.1) is 11.3 Å². The van der Waals surface area contributed by atoms with Gasteiger partial charge in [-0.1, -0.05) is 54.2 Å². The van der Waals surface area contributed by atoms with Crippen molar-refractivity contribution in [3.05, 3.63) is 60.2 Å². The van der Waals surface area contributed by atoms with E-state index in [9.17, 15) is 4.79 Å². The van der Waals surface area contributed by atoms with Gasteiger partial charge in [-0.3, -0.25) is 4.79 Å². The maximum absolute atomic E-state index is 12.6. The number of fused-ring (bicyclic) bond motifs is 1. The number of rotatable bonds is 4. The fourth-order valence-electron chi connectivity index (χ4n) is 3.21. The summed E-state index contributed by atoms with van der Waals surface area (Å²) in [6.07, 6.45) is 0. The summed E-state index contributed by atoms with van der Waals surface area (Å²) in [6.45, 7) is 1.32. The van der Waals surface area contributed by atoms with Crippen LogP contribution in [0.25, 0.3) is 10.2 Å². The van der Waals surface area contributed by atoms with E-state index in [-0.39, 0.29) is 17.9 Å². The lowest BCUT2D eigenvalue weighted by Crippen LogP contribution is -2.33. The second-order valence-corrected chi connectivity index (χ2v) is 8.47. The Balaban J connectivity index is 1.38. The number of carbonyl (C=O) groups is 1. The van der Waals surface area contributed by atoms with Crippen molar-refractivity contribution in [1.82, 2.24) is 9.88 Å². The molecule has 1 aromatic heterocycles. The molecule has 2 heterocycles. The molecule has 0 radical (unpaired) electrons. The van der Waals surface area contributed by atoms with Crippen LogP contribution in [0.1, 0.15) is 11.5 Å². The highest BCUT2D eigenvalue weighted by Gasteiger charge is 2.33. The van der Waals surface area contributed by atoms with Gasteiger partial charge in [0.05, 0.1) is 16.0 Å². The van der Waals surface area contributed by atoms with Gasteiger partial charge in [-0.25, -0.2) is 4.98 Å².